The third kappa shape index (κ3) is 5.10. The third-order valence-electron chi connectivity index (χ3n) is 2.98. The van der Waals surface area contributed by atoms with Gasteiger partial charge in [0.2, 0.25) is 5.91 Å². The van der Waals surface area contributed by atoms with E-state index >= 15 is 0 Å². The summed E-state index contributed by atoms with van der Waals surface area (Å²) in [6.07, 6.45) is 0. The molecular weight excluding hydrogens is 302 g/mol. The van der Waals surface area contributed by atoms with Gasteiger partial charge in [-0.2, -0.15) is 0 Å². The quantitative estimate of drug-likeness (QED) is 0.855. The molecule has 2 nitrogen and oxygen atoms in total. The average molecular weight is 320 g/mol. The smallest absolute Gasteiger partial charge is 0.234 e. The van der Waals surface area contributed by atoms with Crippen molar-refractivity contribution in [2.75, 3.05) is 11.1 Å². The first-order chi connectivity index (χ1) is 10.0. The predicted octanol–water partition coefficient (Wildman–Crippen LogP) is 4.83. The molecule has 1 N–H and O–H groups in total. The summed E-state index contributed by atoms with van der Waals surface area (Å²) in [5.41, 5.74) is 4.22. The summed E-state index contributed by atoms with van der Waals surface area (Å²) in [4.78, 5) is 11.9. The number of hydrogen-bond acceptors (Lipinski definition) is 2. The fraction of sp³-hybridized carbons (Fsp3) is 0.235. The minimum Gasteiger partial charge on any atom is -0.324 e. The molecule has 0 saturated heterocycles. The van der Waals surface area contributed by atoms with Gasteiger partial charge in [-0.1, -0.05) is 47.5 Å². The molecule has 0 aliphatic carbocycles. The fourth-order valence-corrected chi connectivity index (χ4v) is 3.03. The van der Waals surface area contributed by atoms with E-state index in [1.807, 2.05) is 31.2 Å². The number of halogens is 1. The van der Waals surface area contributed by atoms with Crippen molar-refractivity contribution in [2.45, 2.75) is 19.6 Å². The van der Waals surface area contributed by atoms with E-state index in [0.29, 0.717) is 16.5 Å². The van der Waals surface area contributed by atoms with Crippen molar-refractivity contribution >= 4 is 35.0 Å². The summed E-state index contributed by atoms with van der Waals surface area (Å²) >= 11 is 7.70. The van der Waals surface area contributed by atoms with Gasteiger partial charge in [0.05, 0.1) is 16.5 Å². The predicted molar refractivity (Wildman–Crippen MR) is 92.2 cm³/mol. The zero-order valence-corrected chi connectivity index (χ0v) is 13.7. The van der Waals surface area contributed by atoms with Gasteiger partial charge in [0.25, 0.3) is 0 Å². The van der Waals surface area contributed by atoms with E-state index in [4.69, 9.17) is 11.6 Å². The molecule has 0 saturated carbocycles. The molecule has 4 heteroatoms. The minimum atomic E-state index is -0.0293. The van der Waals surface area contributed by atoms with E-state index in [2.05, 4.69) is 30.4 Å². The molecule has 0 spiro atoms. The van der Waals surface area contributed by atoms with Crippen molar-refractivity contribution in [3.05, 3.63) is 64.2 Å². The van der Waals surface area contributed by atoms with Crippen molar-refractivity contribution < 1.29 is 4.79 Å². The van der Waals surface area contributed by atoms with Crippen LogP contribution < -0.4 is 5.32 Å². The van der Waals surface area contributed by atoms with Gasteiger partial charge >= 0.3 is 0 Å². The van der Waals surface area contributed by atoms with E-state index in [1.54, 1.807) is 11.8 Å². The SMILES string of the molecule is Cc1cccc(CSCC(=O)Nc2ccc(C)cc2Cl)c1. The summed E-state index contributed by atoms with van der Waals surface area (Å²) < 4.78 is 0. The maximum absolute atomic E-state index is 11.9. The van der Waals surface area contributed by atoms with Crippen LogP contribution in [0.1, 0.15) is 16.7 Å². The Labute approximate surface area is 134 Å². The highest BCUT2D eigenvalue weighted by Crippen LogP contribution is 2.23. The first kappa shape index (κ1) is 15.9. The van der Waals surface area contributed by atoms with Crippen LogP contribution in [0.5, 0.6) is 0 Å². The Morgan fingerprint density at radius 3 is 2.62 bits per heavy atom. The molecule has 2 rings (SSSR count). The van der Waals surface area contributed by atoms with Crippen LogP contribution in [-0.4, -0.2) is 11.7 Å². The van der Waals surface area contributed by atoms with E-state index in [9.17, 15) is 4.79 Å². The standard InChI is InChI=1S/C17H18ClNOS/c1-12-4-3-5-14(8-12)10-21-11-17(20)19-16-7-6-13(2)9-15(16)18/h3-9H,10-11H2,1-2H3,(H,19,20). The van der Waals surface area contributed by atoms with Crippen LogP contribution in [0.4, 0.5) is 5.69 Å². The molecule has 2 aromatic carbocycles. The number of amides is 1. The highest BCUT2D eigenvalue weighted by atomic mass is 35.5. The highest BCUT2D eigenvalue weighted by Gasteiger charge is 2.06. The molecule has 0 bridgehead atoms. The number of nitrogens with one attached hydrogen (secondary N) is 1. The summed E-state index contributed by atoms with van der Waals surface area (Å²) in [6, 6.07) is 13.9. The molecule has 0 aliphatic rings. The monoisotopic (exact) mass is 319 g/mol. The Morgan fingerprint density at radius 1 is 1.14 bits per heavy atom. The number of anilines is 1. The maximum Gasteiger partial charge on any atom is 0.234 e. The number of hydrogen-bond donors (Lipinski definition) is 1. The van der Waals surface area contributed by atoms with Crippen LogP contribution in [0.25, 0.3) is 0 Å². The number of carbonyl (C=O) groups is 1. The van der Waals surface area contributed by atoms with Crippen LogP contribution >= 0.6 is 23.4 Å². The Morgan fingerprint density at radius 2 is 1.90 bits per heavy atom. The second kappa shape index (κ2) is 7.53. The number of aryl methyl sites for hydroxylation is 2. The molecule has 0 aromatic heterocycles. The molecule has 1 amide bonds. The number of benzene rings is 2. The van der Waals surface area contributed by atoms with E-state index < -0.39 is 0 Å². The number of thioether (sulfide) groups is 1. The Hall–Kier alpha value is -1.45. The van der Waals surface area contributed by atoms with Gasteiger partial charge in [-0.05, 0) is 37.1 Å². The Kier molecular flexibility index (Phi) is 5.71. The van der Waals surface area contributed by atoms with Gasteiger partial charge in [-0.3, -0.25) is 4.79 Å². The van der Waals surface area contributed by atoms with Crippen LogP contribution in [0.2, 0.25) is 5.02 Å². The van der Waals surface area contributed by atoms with Crippen molar-refractivity contribution in [1.82, 2.24) is 0 Å². The first-order valence-corrected chi connectivity index (χ1v) is 8.27. The highest BCUT2D eigenvalue weighted by molar-refractivity contribution is 7.99. The topological polar surface area (TPSA) is 29.1 Å². The molecule has 0 unspecified atom stereocenters. The van der Waals surface area contributed by atoms with Crippen LogP contribution in [-0.2, 0) is 10.5 Å². The lowest BCUT2D eigenvalue weighted by Gasteiger charge is -2.08. The zero-order valence-electron chi connectivity index (χ0n) is 12.2. The van der Waals surface area contributed by atoms with Crippen molar-refractivity contribution in [2.24, 2.45) is 0 Å². The molecule has 2 aromatic rings. The van der Waals surface area contributed by atoms with Gasteiger partial charge in [0.1, 0.15) is 0 Å². The van der Waals surface area contributed by atoms with Crippen molar-refractivity contribution in [3.8, 4) is 0 Å². The minimum absolute atomic E-state index is 0.0293. The first-order valence-electron chi connectivity index (χ1n) is 6.74. The van der Waals surface area contributed by atoms with Crippen LogP contribution in [0.3, 0.4) is 0 Å². The molecule has 21 heavy (non-hydrogen) atoms. The van der Waals surface area contributed by atoms with Crippen molar-refractivity contribution in [1.29, 1.82) is 0 Å². The molecular formula is C17H18ClNOS. The fourth-order valence-electron chi connectivity index (χ4n) is 1.97. The molecule has 0 aliphatic heterocycles. The number of carbonyl (C=O) groups excluding carboxylic acids is 1. The van der Waals surface area contributed by atoms with E-state index in [1.165, 1.54) is 11.1 Å². The third-order valence-corrected chi connectivity index (χ3v) is 4.30. The second-order valence-corrected chi connectivity index (χ2v) is 6.41. The Bertz CT molecular complexity index is 642. The van der Waals surface area contributed by atoms with Gasteiger partial charge < -0.3 is 5.32 Å². The Balaban J connectivity index is 1.82. The normalized spacial score (nSPS) is 10.4. The zero-order chi connectivity index (χ0) is 15.2. The molecule has 0 atom stereocenters. The van der Waals surface area contributed by atoms with Crippen LogP contribution in [0, 0.1) is 13.8 Å². The van der Waals surface area contributed by atoms with E-state index in [-0.39, 0.29) is 5.91 Å². The molecule has 0 radical (unpaired) electrons. The lowest BCUT2D eigenvalue weighted by molar-refractivity contribution is -0.113. The van der Waals surface area contributed by atoms with Gasteiger partial charge in [0, 0.05) is 5.75 Å². The summed E-state index contributed by atoms with van der Waals surface area (Å²) in [5.74, 6) is 1.22. The van der Waals surface area contributed by atoms with Gasteiger partial charge in [-0.15, -0.1) is 11.8 Å². The number of rotatable bonds is 5. The summed E-state index contributed by atoms with van der Waals surface area (Å²) in [7, 11) is 0. The lowest BCUT2D eigenvalue weighted by Crippen LogP contribution is -2.14. The largest absolute Gasteiger partial charge is 0.324 e. The van der Waals surface area contributed by atoms with Crippen LogP contribution in [0.15, 0.2) is 42.5 Å². The van der Waals surface area contributed by atoms with Gasteiger partial charge in [0.15, 0.2) is 0 Å². The summed E-state index contributed by atoms with van der Waals surface area (Å²) in [6.45, 7) is 4.04. The van der Waals surface area contributed by atoms with Gasteiger partial charge in [-0.25, -0.2) is 0 Å². The molecule has 0 heterocycles. The molecule has 0 fully saturated rings. The summed E-state index contributed by atoms with van der Waals surface area (Å²) in [5, 5.41) is 3.42. The maximum atomic E-state index is 11.9. The van der Waals surface area contributed by atoms with E-state index in [0.717, 1.165) is 11.3 Å². The second-order valence-electron chi connectivity index (χ2n) is 5.01. The average Bonchev–Trinajstić information content (AvgIpc) is 2.42. The van der Waals surface area contributed by atoms with Crippen molar-refractivity contribution in [3.63, 3.8) is 0 Å². The lowest BCUT2D eigenvalue weighted by atomic mass is 10.2. The molecule has 110 valence electrons.